The average molecular weight is 537 g/mol. The highest BCUT2D eigenvalue weighted by Crippen LogP contribution is 2.39. The molecule has 1 aliphatic carbocycles. The van der Waals surface area contributed by atoms with Crippen molar-refractivity contribution in [2.45, 2.75) is 44.9 Å². The molecule has 0 N–H and O–H groups in total. The molecule has 34 heavy (non-hydrogen) atoms. The quantitative estimate of drug-likeness (QED) is 0.381. The molecule has 2 aliphatic rings. The van der Waals surface area contributed by atoms with Crippen molar-refractivity contribution in [1.29, 1.82) is 0 Å². The predicted octanol–water partition coefficient (Wildman–Crippen LogP) is 6.39. The van der Waals surface area contributed by atoms with Gasteiger partial charge in [-0.15, -0.1) is 0 Å². The lowest BCUT2D eigenvalue weighted by Gasteiger charge is -2.36. The third-order valence-corrected chi connectivity index (χ3v) is 7.78. The van der Waals surface area contributed by atoms with Crippen LogP contribution in [-0.2, 0) is 23.1 Å². The number of aryl methyl sites for hydroxylation is 2. The minimum atomic E-state index is -0.584. The van der Waals surface area contributed by atoms with Crippen molar-refractivity contribution in [1.82, 2.24) is 14.9 Å². The van der Waals surface area contributed by atoms with Crippen LogP contribution in [0.1, 0.15) is 54.6 Å². The van der Waals surface area contributed by atoms with E-state index < -0.39 is 5.41 Å². The molecule has 1 aliphatic heterocycles. The zero-order valence-corrected chi connectivity index (χ0v) is 21.8. The summed E-state index contributed by atoms with van der Waals surface area (Å²) in [7, 11) is 0. The van der Waals surface area contributed by atoms with Crippen LogP contribution in [0.2, 0.25) is 5.02 Å². The Morgan fingerprint density at radius 3 is 2.44 bits per heavy atom. The number of carbonyl (C=O) groups is 1. The third kappa shape index (κ3) is 4.32. The van der Waals surface area contributed by atoms with Crippen LogP contribution in [0, 0.1) is 0 Å². The molecule has 0 spiro atoms. The molecule has 1 fully saturated rings. The number of piperidine rings is 1. The third-order valence-electron chi connectivity index (χ3n) is 7.11. The summed E-state index contributed by atoms with van der Waals surface area (Å²) in [5, 5.41) is 0.766. The average Bonchev–Trinajstić information content (AvgIpc) is 3.00. The number of nitrogens with zero attached hydrogens (tertiary/aromatic N) is 3. The SMILES string of the molecule is CC(C)(C(=O)N1CCC(=C2c3ccc(Cl)cc3CCc3cc(Br)cnc32)CC1)c1ccncc1. The summed E-state index contributed by atoms with van der Waals surface area (Å²) in [5.41, 5.74) is 7.82. The number of carbonyl (C=O) groups excluding carboxylic acids is 1. The predicted molar refractivity (Wildman–Crippen MR) is 140 cm³/mol. The van der Waals surface area contributed by atoms with Gasteiger partial charge in [0.05, 0.1) is 11.1 Å². The van der Waals surface area contributed by atoms with Gasteiger partial charge < -0.3 is 4.90 Å². The number of fused-ring (bicyclic) bond motifs is 2. The van der Waals surface area contributed by atoms with E-state index >= 15 is 0 Å². The summed E-state index contributed by atoms with van der Waals surface area (Å²) in [6.07, 6.45) is 8.93. The van der Waals surface area contributed by atoms with Crippen molar-refractivity contribution in [3.63, 3.8) is 0 Å². The molecule has 0 saturated carbocycles. The molecule has 0 atom stereocenters. The maximum absolute atomic E-state index is 13.5. The number of aromatic nitrogens is 2. The molecule has 0 bridgehead atoms. The normalized spacial score (nSPS) is 16.1. The van der Waals surface area contributed by atoms with Gasteiger partial charge in [0.1, 0.15) is 0 Å². The highest BCUT2D eigenvalue weighted by molar-refractivity contribution is 9.10. The van der Waals surface area contributed by atoms with E-state index in [1.165, 1.54) is 27.8 Å². The van der Waals surface area contributed by atoms with E-state index in [1.807, 2.05) is 43.1 Å². The van der Waals surface area contributed by atoms with Crippen molar-refractivity contribution >= 4 is 39.0 Å². The van der Waals surface area contributed by atoms with Crippen LogP contribution in [0.25, 0.3) is 5.57 Å². The number of pyridine rings is 2. The highest BCUT2D eigenvalue weighted by Gasteiger charge is 2.35. The number of hydrogen-bond donors (Lipinski definition) is 0. The van der Waals surface area contributed by atoms with E-state index in [9.17, 15) is 4.79 Å². The minimum absolute atomic E-state index is 0.165. The topological polar surface area (TPSA) is 46.1 Å². The van der Waals surface area contributed by atoms with Gasteiger partial charge in [-0.2, -0.15) is 0 Å². The van der Waals surface area contributed by atoms with Crippen LogP contribution in [0.5, 0.6) is 0 Å². The first-order valence-electron chi connectivity index (χ1n) is 11.7. The lowest BCUT2D eigenvalue weighted by Crippen LogP contribution is -2.46. The molecule has 3 aromatic rings. The van der Waals surface area contributed by atoms with Gasteiger partial charge in [-0.1, -0.05) is 23.2 Å². The van der Waals surface area contributed by atoms with Gasteiger partial charge in [0.15, 0.2) is 0 Å². The molecule has 4 nitrogen and oxygen atoms in total. The summed E-state index contributed by atoms with van der Waals surface area (Å²) in [6.45, 7) is 5.42. The summed E-state index contributed by atoms with van der Waals surface area (Å²) >= 11 is 9.95. The first-order valence-corrected chi connectivity index (χ1v) is 12.9. The number of amides is 1. The van der Waals surface area contributed by atoms with Crippen LogP contribution in [0.15, 0.2) is 65.0 Å². The monoisotopic (exact) mass is 535 g/mol. The lowest BCUT2D eigenvalue weighted by atomic mass is 9.82. The Labute approximate surface area is 214 Å². The number of halogens is 2. The second-order valence-electron chi connectivity index (χ2n) is 9.59. The molecule has 6 heteroatoms. The lowest BCUT2D eigenvalue weighted by molar-refractivity contribution is -0.136. The van der Waals surface area contributed by atoms with E-state index in [0.717, 1.165) is 46.4 Å². The van der Waals surface area contributed by atoms with Crippen molar-refractivity contribution in [2.24, 2.45) is 0 Å². The Kier molecular flexibility index (Phi) is 6.34. The van der Waals surface area contributed by atoms with Crippen LogP contribution < -0.4 is 0 Å². The molecule has 174 valence electrons. The second-order valence-corrected chi connectivity index (χ2v) is 10.9. The van der Waals surface area contributed by atoms with Gasteiger partial charge >= 0.3 is 0 Å². The summed E-state index contributed by atoms with van der Waals surface area (Å²) in [6, 6.07) is 12.3. The molecular formula is C28H27BrClN3O. The van der Waals surface area contributed by atoms with E-state index in [2.05, 4.69) is 39.1 Å². The van der Waals surface area contributed by atoms with Crippen molar-refractivity contribution < 1.29 is 4.79 Å². The van der Waals surface area contributed by atoms with Crippen LogP contribution >= 0.6 is 27.5 Å². The largest absolute Gasteiger partial charge is 0.341 e. The summed E-state index contributed by atoms with van der Waals surface area (Å²) in [5.74, 6) is 0.165. The van der Waals surface area contributed by atoms with Crippen molar-refractivity contribution in [3.05, 3.63) is 98.0 Å². The Morgan fingerprint density at radius 1 is 1.00 bits per heavy atom. The summed E-state index contributed by atoms with van der Waals surface area (Å²) in [4.78, 5) is 24.5. The standard InChI is InChI=1S/C28H27BrClN3O/c1-28(2,21-7-11-31-12-8-21)27(34)33-13-9-18(10-14-33)25-24-6-5-23(30)16-19(24)3-4-20-15-22(29)17-32-26(20)25/h5-8,11-12,15-17H,3-4,9-10,13-14H2,1-2H3. The zero-order valence-electron chi connectivity index (χ0n) is 19.4. The molecule has 3 heterocycles. The Balaban J connectivity index is 1.49. The van der Waals surface area contributed by atoms with Gasteiger partial charge in [0.2, 0.25) is 5.91 Å². The Morgan fingerprint density at radius 2 is 1.71 bits per heavy atom. The molecule has 1 saturated heterocycles. The molecule has 1 aromatic carbocycles. The minimum Gasteiger partial charge on any atom is -0.341 e. The fourth-order valence-corrected chi connectivity index (χ4v) is 5.76. The zero-order chi connectivity index (χ0) is 23.9. The van der Waals surface area contributed by atoms with Gasteiger partial charge in [-0.3, -0.25) is 14.8 Å². The van der Waals surface area contributed by atoms with Crippen molar-refractivity contribution in [2.75, 3.05) is 13.1 Å². The van der Waals surface area contributed by atoms with Gasteiger partial charge in [-0.05, 0) is 108 Å². The molecule has 5 rings (SSSR count). The number of hydrogen-bond acceptors (Lipinski definition) is 3. The number of rotatable bonds is 2. The number of likely N-dealkylation sites (tertiary alicyclic amines) is 1. The number of benzene rings is 1. The van der Waals surface area contributed by atoms with Crippen LogP contribution in [0.4, 0.5) is 0 Å². The molecule has 0 radical (unpaired) electrons. The van der Waals surface area contributed by atoms with Gasteiger partial charge in [0, 0.05) is 46.7 Å². The van der Waals surface area contributed by atoms with Crippen LogP contribution in [-0.4, -0.2) is 33.9 Å². The van der Waals surface area contributed by atoms with Crippen LogP contribution in [0.3, 0.4) is 0 Å². The van der Waals surface area contributed by atoms with Gasteiger partial charge in [-0.25, -0.2) is 0 Å². The fourth-order valence-electron chi connectivity index (χ4n) is 5.18. The highest BCUT2D eigenvalue weighted by atomic mass is 79.9. The Bertz CT molecular complexity index is 1220. The molecule has 2 aromatic heterocycles. The van der Waals surface area contributed by atoms with Gasteiger partial charge in [0.25, 0.3) is 0 Å². The first kappa shape index (κ1) is 23.3. The fraction of sp³-hybridized carbons (Fsp3) is 0.321. The van der Waals surface area contributed by atoms with E-state index in [4.69, 9.17) is 16.6 Å². The molecule has 0 unspecified atom stereocenters. The molecular weight excluding hydrogens is 510 g/mol. The van der Waals surface area contributed by atoms with E-state index in [1.54, 1.807) is 12.4 Å². The maximum atomic E-state index is 13.5. The molecule has 1 amide bonds. The van der Waals surface area contributed by atoms with Crippen molar-refractivity contribution in [3.8, 4) is 0 Å². The van der Waals surface area contributed by atoms with E-state index in [0.29, 0.717) is 13.1 Å². The smallest absolute Gasteiger partial charge is 0.232 e. The summed E-state index contributed by atoms with van der Waals surface area (Å²) < 4.78 is 0.998. The first-order chi connectivity index (χ1) is 16.3. The second kappa shape index (κ2) is 9.27. The maximum Gasteiger partial charge on any atom is 0.232 e. The van der Waals surface area contributed by atoms with E-state index in [-0.39, 0.29) is 5.91 Å². The Hall–Kier alpha value is -2.50.